The molecule has 2 rings (SSSR count). The summed E-state index contributed by atoms with van der Waals surface area (Å²) in [6, 6.07) is 4.70. The number of rotatable bonds is 1. The molecular weight excluding hydrogens is 241 g/mol. The molecule has 1 amide bonds. The van der Waals surface area contributed by atoms with Gasteiger partial charge in [-0.1, -0.05) is 6.07 Å². The highest BCUT2D eigenvalue weighted by atomic mass is 35.5. The zero-order valence-electron chi connectivity index (χ0n) is 9.75. The van der Waals surface area contributed by atoms with Crippen molar-refractivity contribution in [3.8, 4) is 0 Å². The van der Waals surface area contributed by atoms with E-state index in [1.165, 1.54) is 6.07 Å². The van der Waals surface area contributed by atoms with E-state index in [4.69, 9.17) is 11.6 Å². The average Bonchev–Trinajstić information content (AvgIpc) is 2.29. The van der Waals surface area contributed by atoms with Crippen LogP contribution in [0.25, 0.3) is 0 Å². The molecule has 1 aromatic carbocycles. The van der Waals surface area contributed by atoms with Crippen molar-refractivity contribution >= 4 is 17.5 Å². The van der Waals surface area contributed by atoms with Crippen molar-refractivity contribution in [2.45, 2.75) is 25.1 Å². The molecule has 1 aromatic rings. The van der Waals surface area contributed by atoms with E-state index in [1.807, 2.05) is 0 Å². The minimum absolute atomic E-state index is 0.141. The first kappa shape index (κ1) is 12.4. The van der Waals surface area contributed by atoms with E-state index in [0.717, 1.165) is 18.4 Å². The van der Waals surface area contributed by atoms with Crippen LogP contribution < -0.4 is 0 Å². The molecule has 2 nitrogen and oxygen atoms in total. The fourth-order valence-corrected chi connectivity index (χ4v) is 2.21. The first-order chi connectivity index (χ1) is 8.08. The zero-order chi connectivity index (χ0) is 12.4. The van der Waals surface area contributed by atoms with E-state index < -0.39 is 5.82 Å². The number of likely N-dealkylation sites (tertiary alicyclic amines) is 1. The molecule has 92 valence electrons. The molecule has 1 aliphatic rings. The van der Waals surface area contributed by atoms with Crippen molar-refractivity contribution in [1.29, 1.82) is 0 Å². The SMILES string of the molecule is Cc1ccc(C(=O)N2CCC(Cl)CC2)c(F)c1. The molecule has 0 aromatic heterocycles. The number of halogens is 2. The van der Waals surface area contributed by atoms with Crippen LogP contribution in [0, 0.1) is 12.7 Å². The predicted molar refractivity (Wildman–Crippen MR) is 65.9 cm³/mol. The summed E-state index contributed by atoms with van der Waals surface area (Å²) in [5.74, 6) is -0.672. The van der Waals surface area contributed by atoms with Gasteiger partial charge in [0.25, 0.3) is 5.91 Å². The molecule has 1 heterocycles. The molecular formula is C13H15ClFNO. The summed E-state index contributed by atoms with van der Waals surface area (Å²) in [6.07, 6.45) is 1.56. The molecule has 4 heteroatoms. The Hall–Kier alpha value is -1.09. The number of carbonyl (C=O) groups is 1. The molecule has 1 fully saturated rings. The maximum atomic E-state index is 13.7. The van der Waals surface area contributed by atoms with E-state index in [2.05, 4.69) is 0 Å². The molecule has 0 saturated carbocycles. The zero-order valence-corrected chi connectivity index (χ0v) is 10.5. The summed E-state index contributed by atoms with van der Waals surface area (Å²) in [5, 5.41) is 0.141. The first-order valence-corrected chi connectivity index (χ1v) is 6.21. The fraction of sp³-hybridized carbons (Fsp3) is 0.462. The highest BCUT2D eigenvalue weighted by Crippen LogP contribution is 2.19. The third-order valence-electron chi connectivity index (χ3n) is 3.07. The summed E-state index contributed by atoms with van der Waals surface area (Å²) in [5.41, 5.74) is 0.974. The number of benzene rings is 1. The molecule has 0 radical (unpaired) electrons. The van der Waals surface area contributed by atoms with Gasteiger partial charge in [0.2, 0.25) is 0 Å². The third kappa shape index (κ3) is 2.78. The second-order valence-electron chi connectivity index (χ2n) is 4.45. The van der Waals surface area contributed by atoms with Crippen LogP contribution in [-0.2, 0) is 0 Å². The number of hydrogen-bond donors (Lipinski definition) is 0. The molecule has 0 N–H and O–H groups in total. The second-order valence-corrected chi connectivity index (χ2v) is 5.07. The van der Waals surface area contributed by atoms with Crippen molar-refractivity contribution in [1.82, 2.24) is 4.90 Å². The van der Waals surface area contributed by atoms with Crippen molar-refractivity contribution in [2.24, 2.45) is 0 Å². The van der Waals surface area contributed by atoms with Gasteiger partial charge < -0.3 is 4.90 Å². The van der Waals surface area contributed by atoms with Gasteiger partial charge in [-0.05, 0) is 37.5 Å². The van der Waals surface area contributed by atoms with Crippen LogP contribution in [0.3, 0.4) is 0 Å². The van der Waals surface area contributed by atoms with Gasteiger partial charge in [-0.2, -0.15) is 0 Å². The monoisotopic (exact) mass is 255 g/mol. The Balaban J connectivity index is 2.14. The van der Waals surface area contributed by atoms with Gasteiger partial charge in [-0.25, -0.2) is 4.39 Å². The lowest BCUT2D eigenvalue weighted by Gasteiger charge is -2.29. The van der Waals surface area contributed by atoms with Gasteiger partial charge in [-0.3, -0.25) is 4.79 Å². The van der Waals surface area contributed by atoms with Crippen LogP contribution in [0.1, 0.15) is 28.8 Å². The van der Waals surface area contributed by atoms with Crippen LogP contribution >= 0.6 is 11.6 Å². The number of carbonyl (C=O) groups excluding carboxylic acids is 1. The maximum absolute atomic E-state index is 13.7. The molecule has 0 unspecified atom stereocenters. The molecule has 0 spiro atoms. The summed E-state index contributed by atoms with van der Waals surface area (Å²) >= 11 is 5.97. The molecule has 0 atom stereocenters. The van der Waals surface area contributed by atoms with Gasteiger partial charge in [0.05, 0.1) is 5.56 Å². The first-order valence-electron chi connectivity index (χ1n) is 5.77. The van der Waals surface area contributed by atoms with Gasteiger partial charge in [0.15, 0.2) is 0 Å². The van der Waals surface area contributed by atoms with Gasteiger partial charge in [0.1, 0.15) is 5.82 Å². The Labute approximate surface area is 105 Å². The largest absolute Gasteiger partial charge is 0.338 e. The standard InChI is InChI=1S/C13H15ClFNO/c1-9-2-3-11(12(15)8-9)13(17)16-6-4-10(14)5-7-16/h2-3,8,10H,4-7H2,1H3. The fourth-order valence-electron chi connectivity index (χ4n) is 2.01. The maximum Gasteiger partial charge on any atom is 0.256 e. The number of alkyl halides is 1. The molecule has 0 aliphatic carbocycles. The van der Waals surface area contributed by atoms with Gasteiger partial charge in [-0.15, -0.1) is 11.6 Å². The Kier molecular flexibility index (Phi) is 3.67. The van der Waals surface area contributed by atoms with E-state index >= 15 is 0 Å². The summed E-state index contributed by atoms with van der Waals surface area (Å²) < 4.78 is 13.7. The Morgan fingerprint density at radius 2 is 2.06 bits per heavy atom. The normalized spacial score (nSPS) is 17.2. The topological polar surface area (TPSA) is 20.3 Å². The van der Waals surface area contributed by atoms with Crippen LogP contribution in [0.4, 0.5) is 4.39 Å². The lowest BCUT2D eigenvalue weighted by molar-refractivity contribution is 0.0722. The third-order valence-corrected chi connectivity index (χ3v) is 3.50. The van der Waals surface area contributed by atoms with E-state index in [9.17, 15) is 9.18 Å². The van der Waals surface area contributed by atoms with Crippen LogP contribution in [0.2, 0.25) is 0 Å². The van der Waals surface area contributed by atoms with Crippen LogP contribution in [0.5, 0.6) is 0 Å². The number of piperidine rings is 1. The summed E-state index contributed by atoms with van der Waals surface area (Å²) in [4.78, 5) is 13.8. The second kappa shape index (κ2) is 5.05. The Bertz CT molecular complexity index is 427. The van der Waals surface area contributed by atoms with Crippen molar-refractivity contribution < 1.29 is 9.18 Å². The minimum Gasteiger partial charge on any atom is -0.338 e. The van der Waals surface area contributed by atoms with Crippen LogP contribution in [-0.4, -0.2) is 29.3 Å². The molecule has 0 bridgehead atoms. The quantitative estimate of drug-likeness (QED) is 0.707. The van der Waals surface area contributed by atoms with Gasteiger partial charge in [0, 0.05) is 18.5 Å². The smallest absolute Gasteiger partial charge is 0.256 e. The molecule has 17 heavy (non-hydrogen) atoms. The van der Waals surface area contributed by atoms with E-state index in [0.29, 0.717) is 13.1 Å². The summed E-state index contributed by atoms with van der Waals surface area (Å²) in [6.45, 7) is 3.02. The van der Waals surface area contributed by atoms with Crippen LogP contribution in [0.15, 0.2) is 18.2 Å². The van der Waals surface area contributed by atoms with E-state index in [-0.39, 0.29) is 16.8 Å². The lowest BCUT2D eigenvalue weighted by atomic mass is 10.1. The number of nitrogens with zero attached hydrogens (tertiary/aromatic N) is 1. The highest BCUT2D eigenvalue weighted by Gasteiger charge is 2.24. The van der Waals surface area contributed by atoms with Crippen molar-refractivity contribution in [3.63, 3.8) is 0 Å². The predicted octanol–water partition coefficient (Wildman–Crippen LogP) is 2.98. The van der Waals surface area contributed by atoms with E-state index in [1.54, 1.807) is 24.0 Å². The Morgan fingerprint density at radius 3 is 2.65 bits per heavy atom. The minimum atomic E-state index is -0.442. The Morgan fingerprint density at radius 1 is 1.41 bits per heavy atom. The number of amides is 1. The molecule has 1 aliphatic heterocycles. The number of aryl methyl sites for hydroxylation is 1. The number of hydrogen-bond acceptors (Lipinski definition) is 1. The lowest BCUT2D eigenvalue weighted by Crippen LogP contribution is -2.39. The van der Waals surface area contributed by atoms with Crippen molar-refractivity contribution in [3.05, 3.63) is 35.1 Å². The van der Waals surface area contributed by atoms with Gasteiger partial charge >= 0.3 is 0 Å². The summed E-state index contributed by atoms with van der Waals surface area (Å²) in [7, 11) is 0. The van der Waals surface area contributed by atoms with Crippen molar-refractivity contribution in [2.75, 3.05) is 13.1 Å². The highest BCUT2D eigenvalue weighted by molar-refractivity contribution is 6.20. The molecule has 1 saturated heterocycles. The average molecular weight is 256 g/mol.